The molecule has 1 aromatic heterocycles. The van der Waals surface area contributed by atoms with Gasteiger partial charge >= 0.3 is 0 Å². The predicted octanol–water partition coefficient (Wildman–Crippen LogP) is 3.00. The quantitative estimate of drug-likeness (QED) is 0.507. The molecule has 0 saturated carbocycles. The van der Waals surface area contributed by atoms with Crippen molar-refractivity contribution in [2.75, 3.05) is 19.7 Å². The van der Waals surface area contributed by atoms with Crippen molar-refractivity contribution < 1.29 is 14.3 Å². The fourth-order valence-electron chi connectivity index (χ4n) is 3.98. The van der Waals surface area contributed by atoms with Gasteiger partial charge in [0.1, 0.15) is 12.4 Å². The van der Waals surface area contributed by atoms with Crippen molar-refractivity contribution in [1.29, 1.82) is 0 Å². The molecule has 0 aliphatic carbocycles. The number of fused-ring (bicyclic) bond motifs is 1. The number of carbonyl (C=O) groups excluding carboxylic acids is 2. The summed E-state index contributed by atoms with van der Waals surface area (Å²) in [6.45, 7) is 4.08. The largest absolute Gasteiger partial charge is 0.376 e. The number of nitrogens with one attached hydrogen (secondary N) is 2. The summed E-state index contributed by atoms with van der Waals surface area (Å²) in [4.78, 5) is 29.6. The number of carbonyl (C=O) groups is 2. The van der Waals surface area contributed by atoms with Crippen LogP contribution in [0, 0.1) is 6.92 Å². The van der Waals surface area contributed by atoms with Gasteiger partial charge in [-0.05, 0) is 50.5 Å². The summed E-state index contributed by atoms with van der Waals surface area (Å²) in [6, 6.07) is 15.4. The Morgan fingerprint density at radius 2 is 1.94 bits per heavy atom. The first-order valence-electron chi connectivity index (χ1n) is 11.3. The third-order valence-corrected chi connectivity index (χ3v) is 5.76. The van der Waals surface area contributed by atoms with E-state index >= 15 is 0 Å². The van der Waals surface area contributed by atoms with Crippen LogP contribution in [0.4, 0.5) is 0 Å². The van der Waals surface area contributed by atoms with Crippen molar-refractivity contribution in [2.45, 2.75) is 45.3 Å². The number of nitrogens with zero attached hydrogens (tertiary/aromatic N) is 2. The van der Waals surface area contributed by atoms with E-state index in [1.165, 1.54) is 0 Å². The molecule has 2 amide bonds. The summed E-state index contributed by atoms with van der Waals surface area (Å²) in [6.07, 6.45) is 3.57. The number of rotatable bonds is 9. The van der Waals surface area contributed by atoms with Gasteiger partial charge in [0.2, 0.25) is 5.91 Å². The number of para-hydroxylation sites is 2. The minimum Gasteiger partial charge on any atom is -0.376 e. The van der Waals surface area contributed by atoms with Crippen LogP contribution in [0.2, 0.25) is 0 Å². The number of aromatic nitrogens is 2. The van der Waals surface area contributed by atoms with E-state index in [1.807, 2.05) is 60.0 Å². The van der Waals surface area contributed by atoms with Gasteiger partial charge in [0, 0.05) is 31.7 Å². The van der Waals surface area contributed by atoms with Crippen molar-refractivity contribution in [3.63, 3.8) is 0 Å². The van der Waals surface area contributed by atoms with Crippen molar-refractivity contribution in [2.24, 2.45) is 0 Å². The van der Waals surface area contributed by atoms with Crippen LogP contribution in [-0.4, -0.2) is 47.2 Å². The molecule has 1 fully saturated rings. The summed E-state index contributed by atoms with van der Waals surface area (Å²) >= 11 is 0. The molecule has 1 atom stereocenters. The molecular formula is C25H30N4O3. The number of imidazole rings is 1. The van der Waals surface area contributed by atoms with Gasteiger partial charge in [-0.1, -0.05) is 29.8 Å². The van der Waals surface area contributed by atoms with E-state index in [9.17, 15) is 9.59 Å². The average Bonchev–Trinajstić information content (AvgIpc) is 3.44. The molecule has 7 heteroatoms. The normalized spacial score (nSPS) is 15.7. The molecule has 1 unspecified atom stereocenters. The highest BCUT2D eigenvalue weighted by Gasteiger charge is 2.18. The van der Waals surface area contributed by atoms with E-state index in [0.29, 0.717) is 25.1 Å². The maximum absolute atomic E-state index is 12.6. The second-order valence-electron chi connectivity index (χ2n) is 8.27. The van der Waals surface area contributed by atoms with E-state index < -0.39 is 0 Å². The Labute approximate surface area is 188 Å². The van der Waals surface area contributed by atoms with Crippen molar-refractivity contribution in [1.82, 2.24) is 20.2 Å². The third kappa shape index (κ3) is 5.53. The SMILES string of the molecule is Cc1ccc(C(=O)NCCCc2nc3ccccc3n2CC(=O)NCC2CCCO2)cc1. The fraction of sp³-hybridized carbons (Fsp3) is 0.400. The van der Waals surface area contributed by atoms with Crippen LogP contribution in [0.15, 0.2) is 48.5 Å². The maximum atomic E-state index is 12.6. The number of aryl methyl sites for hydroxylation is 2. The Morgan fingerprint density at radius 1 is 1.12 bits per heavy atom. The molecule has 2 heterocycles. The summed E-state index contributed by atoms with van der Waals surface area (Å²) in [5, 5.41) is 5.95. The van der Waals surface area contributed by atoms with Gasteiger partial charge in [-0.25, -0.2) is 4.98 Å². The van der Waals surface area contributed by atoms with Crippen molar-refractivity contribution in [3.8, 4) is 0 Å². The molecule has 1 saturated heterocycles. The lowest BCUT2D eigenvalue weighted by Crippen LogP contribution is -2.34. The van der Waals surface area contributed by atoms with Crippen LogP contribution in [0.5, 0.6) is 0 Å². The summed E-state index contributed by atoms with van der Waals surface area (Å²) in [5.74, 6) is 0.729. The van der Waals surface area contributed by atoms with Gasteiger partial charge in [0.25, 0.3) is 5.91 Å². The summed E-state index contributed by atoms with van der Waals surface area (Å²) in [5.41, 5.74) is 3.60. The molecule has 2 N–H and O–H groups in total. The average molecular weight is 435 g/mol. The van der Waals surface area contributed by atoms with E-state index in [-0.39, 0.29) is 24.5 Å². The van der Waals surface area contributed by atoms with Gasteiger partial charge in [0.15, 0.2) is 0 Å². The molecule has 1 aliphatic rings. The zero-order chi connectivity index (χ0) is 22.3. The van der Waals surface area contributed by atoms with Crippen LogP contribution in [0.3, 0.4) is 0 Å². The Balaban J connectivity index is 1.34. The Morgan fingerprint density at radius 3 is 2.72 bits per heavy atom. The molecule has 32 heavy (non-hydrogen) atoms. The molecule has 3 aromatic rings. The van der Waals surface area contributed by atoms with Crippen LogP contribution < -0.4 is 10.6 Å². The molecule has 4 rings (SSSR count). The summed E-state index contributed by atoms with van der Waals surface area (Å²) < 4.78 is 7.56. The van der Waals surface area contributed by atoms with Gasteiger partial charge in [-0.2, -0.15) is 0 Å². The van der Waals surface area contributed by atoms with Crippen molar-refractivity contribution >= 4 is 22.8 Å². The second kappa shape index (κ2) is 10.4. The molecule has 7 nitrogen and oxygen atoms in total. The van der Waals surface area contributed by atoms with Gasteiger partial charge in [-0.15, -0.1) is 0 Å². The highest BCUT2D eigenvalue weighted by atomic mass is 16.5. The lowest BCUT2D eigenvalue weighted by molar-refractivity contribution is -0.122. The topological polar surface area (TPSA) is 85.2 Å². The minimum absolute atomic E-state index is 0.0439. The molecule has 0 bridgehead atoms. The molecule has 0 spiro atoms. The standard InChI is InChI=1S/C25H30N4O3/c1-18-10-12-19(13-11-18)25(31)26-14-4-9-23-28-21-7-2-3-8-22(21)29(23)17-24(30)27-16-20-6-5-15-32-20/h2-3,7-8,10-13,20H,4-6,9,14-17H2,1H3,(H,26,31)(H,27,30). The molecule has 168 valence electrons. The smallest absolute Gasteiger partial charge is 0.251 e. The van der Waals surface area contributed by atoms with Crippen LogP contribution >= 0.6 is 0 Å². The highest BCUT2D eigenvalue weighted by Crippen LogP contribution is 2.17. The van der Waals surface area contributed by atoms with Crippen LogP contribution in [0.1, 0.15) is 41.0 Å². The lowest BCUT2D eigenvalue weighted by Gasteiger charge is -2.13. The first-order valence-corrected chi connectivity index (χ1v) is 11.3. The van der Waals surface area contributed by atoms with E-state index in [4.69, 9.17) is 9.72 Å². The Hall–Kier alpha value is -3.19. The molecule has 1 aliphatic heterocycles. The van der Waals surface area contributed by atoms with Gasteiger partial charge < -0.3 is 19.9 Å². The minimum atomic E-state index is -0.0768. The molecule has 2 aromatic carbocycles. The van der Waals surface area contributed by atoms with E-state index in [1.54, 1.807) is 0 Å². The number of benzene rings is 2. The zero-order valence-corrected chi connectivity index (χ0v) is 18.5. The fourth-order valence-corrected chi connectivity index (χ4v) is 3.98. The number of hydrogen-bond acceptors (Lipinski definition) is 4. The first-order chi connectivity index (χ1) is 15.6. The summed E-state index contributed by atoms with van der Waals surface area (Å²) in [7, 11) is 0. The monoisotopic (exact) mass is 434 g/mol. The number of ether oxygens (including phenoxy) is 1. The second-order valence-corrected chi connectivity index (χ2v) is 8.27. The lowest BCUT2D eigenvalue weighted by atomic mass is 10.1. The van der Waals surface area contributed by atoms with Crippen molar-refractivity contribution in [3.05, 3.63) is 65.5 Å². The van der Waals surface area contributed by atoms with Gasteiger partial charge in [-0.3, -0.25) is 9.59 Å². The third-order valence-electron chi connectivity index (χ3n) is 5.76. The highest BCUT2D eigenvalue weighted by molar-refractivity contribution is 5.94. The van der Waals surface area contributed by atoms with Crippen LogP contribution in [-0.2, 0) is 22.5 Å². The number of hydrogen-bond donors (Lipinski definition) is 2. The van der Waals surface area contributed by atoms with Gasteiger partial charge in [0.05, 0.1) is 17.1 Å². The van der Waals surface area contributed by atoms with E-state index in [2.05, 4.69) is 10.6 Å². The molecule has 0 radical (unpaired) electrons. The Bertz CT molecular complexity index is 1070. The number of amides is 2. The first kappa shape index (κ1) is 22.0. The Kier molecular flexibility index (Phi) is 7.17. The van der Waals surface area contributed by atoms with Crippen LogP contribution in [0.25, 0.3) is 11.0 Å². The zero-order valence-electron chi connectivity index (χ0n) is 18.5. The predicted molar refractivity (Wildman–Crippen MR) is 124 cm³/mol. The maximum Gasteiger partial charge on any atom is 0.251 e. The molecular weight excluding hydrogens is 404 g/mol. The van der Waals surface area contributed by atoms with E-state index in [0.717, 1.165) is 48.3 Å².